The molecule has 0 radical (unpaired) electrons. The number of piperazine rings is 1. The van der Waals surface area contributed by atoms with Crippen LogP contribution in [0.5, 0.6) is 0 Å². The molecule has 2 aromatic rings. The Balaban J connectivity index is 1.47. The highest BCUT2D eigenvalue weighted by molar-refractivity contribution is 5.95. The number of nitrogens with zero attached hydrogens (tertiary/aromatic N) is 4. The minimum Gasteiger partial charge on any atom is -0.334 e. The van der Waals surface area contributed by atoms with Crippen LogP contribution in [0, 0.1) is 0 Å². The Bertz CT molecular complexity index is 951. The Labute approximate surface area is 162 Å². The van der Waals surface area contributed by atoms with Crippen LogP contribution in [0.15, 0.2) is 36.7 Å². The quantitative estimate of drug-likeness (QED) is 0.594. The number of hydrogen-bond donors (Lipinski definition) is 2. The lowest BCUT2D eigenvalue weighted by Crippen LogP contribution is -2.49. The Hall–Kier alpha value is -3.21. The van der Waals surface area contributed by atoms with E-state index in [0.717, 1.165) is 12.1 Å². The van der Waals surface area contributed by atoms with E-state index in [1.54, 1.807) is 4.90 Å². The zero-order valence-corrected chi connectivity index (χ0v) is 14.9. The van der Waals surface area contributed by atoms with Crippen molar-refractivity contribution in [3.8, 4) is 0 Å². The summed E-state index contributed by atoms with van der Waals surface area (Å²) in [5.41, 5.74) is 0.753. The number of alkyl halides is 3. The molecule has 0 spiro atoms. The second-order valence-electron chi connectivity index (χ2n) is 6.94. The molecular formula is C18H16F3N5O3. The van der Waals surface area contributed by atoms with Gasteiger partial charge in [-0.1, -0.05) is 6.07 Å². The van der Waals surface area contributed by atoms with E-state index in [-0.39, 0.29) is 23.2 Å². The molecule has 29 heavy (non-hydrogen) atoms. The van der Waals surface area contributed by atoms with Crippen LogP contribution in [-0.4, -0.2) is 57.1 Å². The lowest BCUT2D eigenvalue weighted by atomic mass is 10.1. The minimum atomic E-state index is -4.51. The molecule has 1 aromatic carbocycles. The molecular weight excluding hydrogens is 391 g/mol. The van der Waals surface area contributed by atoms with Gasteiger partial charge in [-0.3, -0.25) is 14.8 Å². The zero-order valence-electron chi connectivity index (χ0n) is 14.9. The number of aromatic nitrogens is 2. The van der Waals surface area contributed by atoms with Crippen LogP contribution in [0.2, 0.25) is 0 Å². The predicted molar refractivity (Wildman–Crippen MR) is 93.3 cm³/mol. The first kappa shape index (κ1) is 19.1. The summed E-state index contributed by atoms with van der Waals surface area (Å²) in [6.07, 6.45) is -1.28. The summed E-state index contributed by atoms with van der Waals surface area (Å²) in [6.45, 7) is 0.795. The molecule has 2 aliphatic rings. The van der Waals surface area contributed by atoms with E-state index in [0.29, 0.717) is 25.5 Å². The number of fused-ring (bicyclic) bond motifs is 2. The highest BCUT2D eigenvalue weighted by atomic mass is 19.4. The summed E-state index contributed by atoms with van der Waals surface area (Å²) >= 11 is 0. The molecule has 1 aromatic heterocycles. The Morgan fingerprint density at radius 3 is 2.41 bits per heavy atom. The first-order chi connectivity index (χ1) is 13.8. The smallest absolute Gasteiger partial charge is 0.334 e. The molecule has 3 heterocycles. The average molecular weight is 407 g/mol. The van der Waals surface area contributed by atoms with E-state index in [4.69, 9.17) is 5.21 Å². The molecule has 2 unspecified atom stereocenters. The molecule has 2 atom stereocenters. The minimum absolute atomic E-state index is 0.00884. The van der Waals surface area contributed by atoms with Crippen LogP contribution in [0.25, 0.3) is 0 Å². The van der Waals surface area contributed by atoms with E-state index >= 15 is 0 Å². The number of rotatable bonds is 3. The van der Waals surface area contributed by atoms with E-state index in [1.807, 2.05) is 4.90 Å². The maximum absolute atomic E-state index is 12.9. The molecule has 2 saturated heterocycles. The van der Waals surface area contributed by atoms with Crippen molar-refractivity contribution >= 4 is 17.8 Å². The highest BCUT2D eigenvalue weighted by Gasteiger charge is 2.46. The first-order valence-electron chi connectivity index (χ1n) is 8.79. The van der Waals surface area contributed by atoms with E-state index in [2.05, 4.69) is 9.97 Å². The van der Waals surface area contributed by atoms with E-state index in [1.165, 1.54) is 30.0 Å². The summed E-state index contributed by atoms with van der Waals surface area (Å²) in [4.78, 5) is 35.8. The Kier molecular flexibility index (Phi) is 4.61. The number of hydroxylamine groups is 1. The number of carbonyl (C=O) groups is 2. The van der Waals surface area contributed by atoms with Gasteiger partial charge in [0.15, 0.2) is 0 Å². The van der Waals surface area contributed by atoms with Gasteiger partial charge >= 0.3 is 6.18 Å². The fourth-order valence-corrected chi connectivity index (χ4v) is 3.81. The second kappa shape index (κ2) is 6.99. The number of likely N-dealkylation sites (tertiary alicyclic amines) is 1. The second-order valence-corrected chi connectivity index (χ2v) is 6.94. The first-order valence-corrected chi connectivity index (χ1v) is 8.79. The van der Waals surface area contributed by atoms with Gasteiger partial charge in [0.2, 0.25) is 5.95 Å². The monoisotopic (exact) mass is 407 g/mol. The Morgan fingerprint density at radius 1 is 1.10 bits per heavy atom. The standard InChI is InChI=1S/C18H16F3N5O3/c19-18(20,21)12-3-1-2-10(4-12)16(28)25-8-14-5-13(25)9-26(14)17-22-6-11(7-23-17)15(27)24-29/h1-4,6-7,13-14,29H,5,8-9H2,(H,24,27). The fraction of sp³-hybridized carbons (Fsp3) is 0.333. The van der Waals surface area contributed by atoms with Crippen molar-refractivity contribution in [1.82, 2.24) is 20.3 Å². The average Bonchev–Trinajstić information content (AvgIpc) is 3.33. The van der Waals surface area contributed by atoms with Gasteiger partial charge in [0.1, 0.15) is 0 Å². The molecule has 2 N–H and O–H groups in total. The maximum atomic E-state index is 12.9. The normalized spacial score (nSPS) is 20.8. The topological polar surface area (TPSA) is 98.7 Å². The number of hydrogen-bond acceptors (Lipinski definition) is 6. The van der Waals surface area contributed by atoms with Crippen molar-refractivity contribution in [3.63, 3.8) is 0 Å². The number of nitrogens with one attached hydrogen (secondary N) is 1. The predicted octanol–water partition coefficient (Wildman–Crippen LogP) is 1.72. The molecule has 2 fully saturated rings. The summed E-state index contributed by atoms with van der Waals surface area (Å²) in [5, 5.41) is 8.63. The van der Waals surface area contributed by atoms with Crippen molar-refractivity contribution < 1.29 is 28.0 Å². The van der Waals surface area contributed by atoms with Gasteiger partial charge in [0, 0.05) is 31.0 Å². The van der Waals surface area contributed by atoms with Crippen molar-refractivity contribution in [2.24, 2.45) is 0 Å². The zero-order chi connectivity index (χ0) is 20.8. The molecule has 11 heteroatoms. The van der Waals surface area contributed by atoms with Crippen LogP contribution in [0.3, 0.4) is 0 Å². The lowest BCUT2D eigenvalue weighted by Gasteiger charge is -2.34. The molecule has 2 amide bonds. The molecule has 2 bridgehead atoms. The molecule has 0 aliphatic carbocycles. The fourth-order valence-electron chi connectivity index (χ4n) is 3.81. The van der Waals surface area contributed by atoms with Crippen molar-refractivity contribution in [3.05, 3.63) is 53.3 Å². The number of anilines is 1. The molecule has 152 valence electrons. The van der Waals surface area contributed by atoms with Gasteiger partial charge in [-0.15, -0.1) is 0 Å². The number of carbonyl (C=O) groups excluding carboxylic acids is 2. The highest BCUT2D eigenvalue weighted by Crippen LogP contribution is 2.35. The molecule has 0 saturated carbocycles. The van der Waals surface area contributed by atoms with Crippen molar-refractivity contribution in [2.45, 2.75) is 24.7 Å². The summed E-state index contributed by atoms with van der Waals surface area (Å²) in [5.74, 6) is -0.769. The summed E-state index contributed by atoms with van der Waals surface area (Å²) in [7, 11) is 0. The number of amides is 2. The van der Waals surface area contributed by atoms with Gasteiger partial charge in [-0.2, -0.15) is 13.2 Å². The molecule has 8 nitrogen and oxygen atoms in total. The summed E-state index contributed by atoms with van der Waals surface area (Å²) < 4.78 is 38.7. The largest absolute Gasteiger partial charge is 0.416 e. The van der Waals surface area contributed by atoms with Gasteiger partial charge in [-0.25, -0.2) is 15.4 Å². The van der Waals surface area contributed by atoms with Crippen molar-refractivity contribution in [2.75, 3.05) is 18.0 Å². The third kappa shape index (κ3) is 3.48. The number of halogens is 3. The van der Waals surface area contributed by atoms with Crippen LogP contribution in [-0.2, 0) is 6.18 Å². The molecule has 4 rings (SSSR count). The van der Waals surface area contributed by atoms with E-state index in [9.17, 15) is 22.8 Å². The number of benzene rings is 1. The van der Waals surface area contributed by atoms with Gasteiger partial charge < -0.3 is 9.80 Å². The Morgan fingerprint density at radius 2 is 1.83 bits per heavy atom. The third-order valence-electron chi connectivity index (χ3n) is 5.20. The van der Waals surface area contributed by atoms with Crippen LogP contribution in [0.1, 0.15) is 32.7 Å². The lowest BCUT2D eigenvalue weighted by molar-refractivity contribution is -0.137. The van der Waals surface area contributed by atoms with Crippen molar-refractivity contribution in [1.29, 1.82) is 0 Å². The third-order valence-corrected chi connectivity index (χ3v) is 5.20. The van der Waals surface area contributed by atoms with Gasteiger partial charge in [0.25, 0.3) is 11.8 Å². The van der Waals surface area contributed by atoms with Crippen LogP contribution >= 0.6 is 0 Å². The van der Waals surface area contributed by atoms with Crippen LogP contribution < -0.4 is 10.4 Å². The van der Waals surface area contributed by atoms with E-state index < -0.39 is 23.6 Å². The SMILES string of the molecule is O=C(NO)c1cnc(N2CC3CC2CN3C(=O)c2cccc(C(F)(F)F)c2)nc1. The van der Waals surface area contributed by atoms with Gasteiger partial charge in [-0.05, 0) is 24.6 Å². The van der Waals surface area contributed by atoms with Gasteiger partial charge in [0.05, 0.1) is 23.2 Å². The summed E-state index contributed by atoms with van der Waals surface area (Å²) in [6, 6.07) is 4.20. The molecule has 2 aliphatic heterocycles. The maximum Gasteiger partial charge on any atom is 0.416 e. The van der Waals surface area contributed by atoms with Crippen LogP contribution in [0.4, 0.5) is 19.1 Å².